The van der Waals surface area contributed by atoms with E-state index in [1.165, 1.54) is 7.11 Å². The van der Waals surface area contributed by atoms with Gasteiger partial charge in [0.05, 0.1) is 23.2 Å². The molecule has 0 atom stereocenters. The van der Waals surface area contributed by atoms with E-state index in [1.807, 2.05) is 0 Å². The molecule has 0 unspecified atom stereocenters. The minimum absolute atomic E-state index is 0.181. The Morgan fingerprint density at radius 3 is 2.54 bits per heavy atom. The lowest BCUT2D eigenvalue weighted by molar-refractivity contribution is 0.0602. The molecule has 0 aliphatic heterocycles. The molecule has 2 aromatic carbocycles. The summed E-state index contributed by atoms with van der Waals surface area (Å²) in [6.07, 6.45) is 0. The SMILES string of the molecule is COC(=O)c1ccccc1NC(=O)c1cc2ccccc2c(=O)s1. The highest BCUT2D eigenvalue weighted by Crippen LogP contribution is 2.20. The van der Waals surface area contributed by atoms with Gasteiger partial charge in [0.25, 0.3) is 5.91 Å². The number of benzene rings is 2. The van der Waals surface area contributed by atoms with Gasteiger partial charge in [-0.3, -0.25) is 9.59 Å². The maximum atomic E-state index is 12.5. The second-order valence-electron chi connectivity index (χ2n) is 4.98. The van der Waals surface area contributed by atoms with Crippen LogP contribution in [0.3, 0.4) is 0 Å². The first-order chi connectivity index (χ1) is 11.6. The zero-order valence-electron chi connectivity index (χ0n) is 12.7. The second-order valence-corrected chi connectivity index (χ2v) is 5.99. The summed E-state index contributed by atoms with van der Waals surface area (Å²) in [4.78, 5) is 36.7. The first kappa shape index (κ1) is 15.9. The van der Waals surface area contributed by atoms with Gasteiger partial charge in [0.1, 0.15) is 0 Å². The fourth-order valence-corrected chi connectivity index (χ4v) is 3.14. The number of anilines is 1. The van der Waals surface area contributed by atoms with E-state index in [0.29, 0.717) is 16.5 Å². The molecule has 0 spiro atoms. The summed E-state index contributed by atoms with van der Waals surface area (Å²) in [5.74, 6) is -0.989. The van der Waals surface area contributed by atoms with Crippen molar-refractivity contribution in [1.82, 2.24) is 0 Å². The van der Waals surface area contributed by atoms with E-state index in [-0.39, 0.29) is 15.2 Å². The quantitative estimate of drug-likeness (QED) is 0.743. The molecule has 0 aliphatic rings. The molecule has 5 nitrogen and oxygen atoms in total. The van der Waals surface area contributed by atoms with E-state index in [4.69, 9.17) is 4.74 Å². The average molecular weight is 339 g/mol. The Morgan fingerprint density at radius 2 is 1.75 bits per heavy atom. The van der Waals surface area contributed by atoms with E-state index in [1.54, 1.807) is 54.6 Å². The molecule has 6 heteroatoms. The van der Waals surface area contributed by atoms with Crippen LogP contribution in [-0.2, 0) is 4.74 Å². The van der Waals surface area contributed by atoms with Gasteiger partial charge in [-0.05, 0) is 29.7 Å². The molecule has 0 fully saturated rings. The molecule has 1 amide bonds. The van der Waals surface area contributed by atoms with Crippen molar-refractivity contribution in [1.29, 1.82) is 0 Å². The monoisotopic (exact) mass is 339 g/mol. The number of carbonyl (C=O) groups is 2. The summed E-state index contributed by atoms with van der Waals surface area (Å²) in [6, 6.07) is 15.3. The van der Waals surface area contributed by atoms with E-state index >= 15 is 0 Å². The first-order valence-corrected chi connectivity index (χ1v) is 7.93. The van der Waals surface area contributed by atoms with E-state index in [2.05, 4.69) is 5.32 Å². The van der Waals surface area contributed by atoms with Crippen molar-refractivity contribution in [3.8, 4) is 0 Å². The number of hydrogen-bond donors (Lipinski definition) is 1. The van der Waals surface area contributed by atoms with Crippen molar-refractivity contribution >= 4 is 39.7 Å². The molecular formula is C18H13NO4S. The standard InChI is InChI=1S/C18H13NO4S/c1-23-17(21)13-8-4-5-9-14(13)19-16(20)15-10-11-6-2-3-7-12(11)18(22)24-15/h2-10H,1H3,(H,19,20). The Balaban J connectivity index is 1.97. The third-order valence-corrected chi connectivity index (χ3v) is 4.40. The molecule has 24 heavy (non-hydrogen) atoms. The van der Waals surface area contributed by atoms with Gasteiger partial charge < -0.3 is 10.1 Å². The number of hydrogen-bond acceptors (Lipinski definition) is 5. The topological polar surface area (TPSA) is 72.5 Å². The average Bonchev–Trinajstić information content (AvgIpc) is 2.61. The summed E-state index contributed by atoms with van der Waals surface area (Å²) in [6.45, 7) is 0. The Kier molecular flexibility index (Phi) is 4.39. The largest absolute Gasteiger partial charge is 0.465 e. The Bertz CT molecular complexity index is 993. The lowest BCUT2D eigenvalue weighted by Gasteiger charge is -2.09. The van der Waals surface area contributed by atoms with Gasteiger partial charge in [0.2, 0.25) is 4.74 Å². The molecule has 1 N–H and O–H groups in total. The number of methoxy groups -OCH3 is 1. The third kappa shape index (κ3) is 3.04. The van der Waals surface area contributed by atoms with Crippen molar-refractivity contribution in [2.45, 2.75) is 0 Å². The van der Waals surface area contributed by atoms with Crippen LogP contribution in [0.4, 0.5) is 5.69 Å². The van der Waals surface area contributed by atoms with Gasteiger partial charge in [-0.15, -0.1) is 0 Å². The highest BCUT2D eigenvalue weighted by molar-refractivity contribution is 7.12. The maximum absolute atomic E-state index is 12.5. The Labute approximate surface area is 141 Å². The van der Waals surface area contributed by atoms with Gasteiger partial charge in [0.15, 0.2) is 0 Å². The van der Waals surface area contributed by atoms with Crippen LogP contribution in [0.5, 0.6) is 0 Å². The van der Waals surface area contributed by atoms with Crippen LogP contribution in [0.2, 0.25) is 0 Å². The van der Waals surface area contributed by atoms with Crippen molar-refractivity contribution in [2.24, 2.45) is 0 Å². The molecule has 0 radical (unpaired) electrons. The van der Waals surface area contributed by atoms with Crippen LogP contribution < -0.4 is 10.1 Å². The van der Waals surface area contributed by atoms with Gasteiger partial charge in [0, 0.05) is 5.39 Å². The molecule has 0 saturated carbocycles. The lowest BCUT2D eigenvalue weighted by Crippen LogP contribution is -2.15. The lowest BCUT2D eigenvalue weighted by atomic mass is 10.1. The number of carbonyl (C=O) groups excluding carboxylic acids is 2. The number of para-hydroxylation sites is 1. The summed E-state index contributed by atoms with van der Waals surface area (Å²) < 4.78 is 4.52. The van der Waals surface area contributed by atoms with Crippen molar-refractivity contribution in [3.63, 3.8) is 0 Å². The molecule has 3 rings (SSSR count). The van der Waals surface area contributed by atoms with E-state index in [0.717, 1.165) is 11.3 Å². The molecule has 0 aliphatic carbocycles. The number of esters is 1. The van der Waals surface area contributed by atoms with Crippen LogP contribution in [0, 0.1) is 0 Å². The van der Waals surface area contributed by atoms with Crippen LogP contribution in [0.1, 0.15) is 20.0 Å². The van der Waals surface area contributed by atoms with Crippen LogP contribution in [0.25, 0.3) is 10.8 Å². The van der Waals surface area contributed by atoms with Gasteiger partial charge >= 0.3 is 5.97 Å². The fraction of sp³-hybridized carbons (Fsp3) is 0.0556. The number of nitrogens with one attached hydrogen (secondary N) is 1. The zero-order valence-corrected chi connectivity index (χ0v) is 13.6. The van der Waals surface area contributed by atoms with E-state index in [9.17, 15) is 14.4 Å². The Hall–Kier alpha value is -2.99. The summed E-state index contributed by atoms with van der Waals surface area (Å²) in [7, 11) is 1.27. The fourth-order valence-electron chi connectivity index (χ4n) is 2.31. The van der Waals surface area contributed by atoms with Crippen LogP contribution >= 0.6 is 11.3 Å². The number of ether oxygens (including phenoxy) is 1. The second kappa shape index (κ2) is 6.64. The highest BCUT2D eigenvalue weighted by atomic mass is 32.1. The van der Waals surface area contributed by atoms with E-state index < -0.39 is 11.9 Å². The zero-order chi connectivity index (χ0) is 17.1. The predicted octanol–water partition coefficient (Wildman–Crippen LogP) is 3.30. The van der Waals surface area contributed by atoms with Gasteiger partial charge in [-0.1, -0.05) is 41.7 Å². The highest BCUT2D eigenvalue weighted by Gasteiger charge is 2.15. The number of rotatable bonds is 3. The summed E-state index contributed by atoms with van der Waals surface area (Å²) in [5.41, 5.74) is 0.587. The number of amides is 1. The molecule has 3 aromatic rings. The molecular weight excluding hydrogens is 326 g/mol. The molecule has 0 saturated heterocycles. The molecule has 1 heterocycles. The first-order valence-electron chi connectivity index (χ1n) is 7.12. The minimum atomic E-state index is -0.544. The Morgan fingerprint density at radius 1 is 1.04 bits per heavy atom. The minimum Gasteiger partial charge on any atom is -0.465 e. The molecule has 0 bridgehead atoms. The smallest absolute Gasteiger partial charge is 0.339 e. The maximum Gasteiger partial charge on any atom is 0.339 e. The number of fused-ring (bicyclic) bond motifs is 1. The third-order valence-electron chi connectivity index (χ3n) is 3.47. The molecule has 1 aromatic heterocycles. The summed E-state index contributed by atoms with van der Waals surface area (Å²) >= 11 is 0.870. The van der Waals surface area contributed by atoms with Crippen molar-refractivity contribution in [3.05, 3.63) is 74.6 Å². The predicted molar refractivity (Wildman–Crippen MR) is 93.8 cm³/mol. The summed E-state index contributed by atoms with van der Waals surface area (Å²) in [5, 5.41) is 3.95. The van der Waals surface area contributed by atoms with Crippen LogP contribution in [-0.4, -0.2) is 19.0 Å². The van der Waals surface area contributed by atoms with Crippen molar-refractivity contribution < 1.29 is 14.3 Å². The molecule has 120 valence electrons. The van der Waals surface area contributed by atoms with Gasteiger partial charge in [-0.25, -0.2) is 4.79 Å². The van der Waals surface area contributed by atoms with Crippen molar-refractivity contribution in [2.75, 3.05) is 12.4 Å². The van der Waals surface area contributed by atoms with Crippen LogP contribution in [0.15, 0.2) is 59.4 Å². The normalized spacial score (nSPS) is 10.4. The van der Waals surface area contributed by atoms with Gasteiger partial charge in [-0.2, -0.15) is 0 Å².